The average molecular weight is 411 g/mol. The van der Waals surface area contributed by atoms with Gasteiger partial charge in [-0.25, -0.2) is 4.39 Å². The fraction of sp³-hybridized carbons (Fsp3) is 0.273. The number of likely N-dealkylation sites (N-methyl/N-ethyl adjacent to an activating group) is 1. The van der Waals surface area contributed by atoms with Crippen LogP contribution < -0.4 is 10.6 Å². The minimum atomic E-state index is -0.755. The van der Waals surface area contributed by atoms with Crippen molar-refractivity contribution >= 4 is 30.1 Å². The molecule has 30 heavy (non-hydrogen) atoms. The number of anilines is 1. The van der Waals surface area contributed by atoms with Crippen molar-refractivity contribution in [1.29, 1.82) is 0 Å². The maximum absolute atomic E-state index is 14.3. The van der Waals surface area contributed by atoms with Gasteiger partial charge in [-0.2, -0.15) is 0 Å². The van der Waals surface area contributed by atoms with Gasteiger partial charge in [0.2, 0.25) is 5.91 Å². The highest BCUT2D eigenvalue weighted by molar-refractivity contribution is 6.02. The highest BCUT2D eigenvalue weighted by atomic mass is 19.1. The van der Waals surface area contributed by atoms with E-state index in [0.29, 0.717) is 28.7 Å². The molecular weight excluding hydrogens is 389 g/mol. The van der Waals surface area contributed by atoms with E-state index >= 15 is 0 Å². The Kier molecular flexibility index (Phi) is 6.56. The lowest BCUT2D eigenvalue weighted by Gasteiger charge is -2.25. The van der Waals surface area contributed by atoms with Crippen molar-refractivity contribution in [2.24, 2.45) is 0 Å². The van der Waals surface area contributed by atoms with Crippen molar-refractivity contribution in [2.75, 3.05) is 12.4 Å². The number of halogens is 1. The molecule has 2 amide bonds. The van der Waals surface area contributed by atoms with Gasteiger partial charge in [-0.05, 0) is 24.6 Å². The van der Waals surface area contributed by atoms with Crippen LogP contribution in [0, 0.1) is 5.82 Å². The van der Waals surface area contributed by atoms with Crippen LogP contribution >= 0.6 is 0 Å². The summed E-state index contributed by atoms with van der Waals surface area (Å²) in [5.74, 6) is -1.21. The normalized spacial score (nSPS) is 13.5. The van der Waals surface area contributed by atoms with Crippen molar-refractivity contribution in [3.63, 3.8) is 0 Å². The number of carbonyl (C=O) groups is 4. The van der Waals surface area contributed by atoms with Gasteiger partial charge in [-0.3, -0.25) is 14.4 Å². The van der Waals surface area contributed by atoms with E-state index in [4.69, 9.17) is 0 Å². The molecule has 2 N–H and O–H groups in total. The first-order valence-corrected chi connectivity index (χ1v) is 9.56. The Morgan fingerprint density at radius 1 is 1.23 bits per heavy atom. The molecule has 0 aliphatic carbocycles. The fourth-order valence-corrected chi connectivity index (χ4v) is 3.61. The fourth-order valence-electron chi connectivity index (χ4n) is 3.61. The summed E-state index contributed by atoms with van der Waals surface area (Å²) in [4.78, 5) is 48.4. The summed E-state index contributed by atoms with van der Waals surface area (Å²) in [5.41, 5.74) is 2.12. The van der Waals surface area contributed by atoms with Crippen LogP contribution in [-0.2, 0) is 22.7 Å². The van der Waals surface area contributed by atoms with E-state index in [2.05, 4.69) is 10.6 Å². The van der Waals surface area contributed by atoms with Crippen LogP contribution in [0.15, 0.2) is 36.4 Å². The molecule has 1 aliphatic heterocycles. The Morgan fingerprint density at radius 3 is 2.70 bits per heavy atom. The third kappa shape index (κ3) is 4.07. The van der Waals surface area contributed by atoms with E-state index in [0.717, 1.165) is 6.29 Å². The number of nitrogens with zero attached hydrogens (tertiary/aromatic N) is 1. The van der Waals surface area contributed by atoms with Crippen LogP contribution in [0.4, 0.5) is 10.1 Å². The number of aldehydes is 2. The predicted molar refractivity (Wildman–Crippen MR) is 109 cm³/mol. The van der Waals surface area contributed by atoms with Crippen LogP contribution in [0.2, 0.25) is 0 Å². The molecule has 8 heteroatoms. The van der Waals surface area contributed by atoms with E-state index in [1.54, 1.807) is 30.3 Å². The monoisotopic (exact) mass is 411 g/mol. The van der Waals surface area contributed by atoms with Gasteiger partial charge in [0.05, 0.1) is 5.56 Å². The van der Waals surface area contributed by atoms with Crippen LogP contribution in [0.1, 0.15) is 44.7 Å². The van der Waals surface area contributed by atoms with Gasteiger partial charge < -0.3 is 20.3 Å². The highest BCUT2D eigenvalue weighted by Gasteiger charge is 2.36. The van der Waals surface area contributed by atoms with Crippen molar-refractivity contribution in [3.8, 4) is 0 Å². The van der Waals surface area contributed by atoms with Crippen molar-refractivity contribution < 1.29 is 23.6 Å². The van der Waals surface area contributed by atoms with Crippen LogP contribution in [0.5, 0.6) is 0 Å². The Hall–Kier alpha value is -3.55. The molecule has 1 atom stereocenters. The number of benzene rings is 2. The molecule has 7 nitrogen and oxygen atoms in total. The van der Waals surface area contributed by atoms with Crippen LogP contribution in [-0.4, -0.2) is 42.4 Å². The van der Waals surface area contributed by atoms with Crippen LogP contribution in [0.25, 0.3) is 0 Å². The lowest BCUT2D eigenvalue weighted by Crippen LogP contribution is -2.46. The first-order chi connectivity index (χ1) is 14.5. The molecule has 2 aromatic rings. The molecule has 1 heterocycles. The summed E-state index contributed by atoms with van der Waals surface area (Å²) in [6, 6.07) is 8.99. The molecule has 2 aromatic carbocycles. The molecule has 3 rings (SSSR count). The number of hydrogen-bond donors (Lipinski definition) is 2. The zero-order valence-corrected chi connectivity index (χ0v) is 16.5. The largest absolute Gasteiger partial charge is 0.381 e. The van der Waals surface area contributed by atoms with Gasteiger partial charge in [-0.15, -0.1) is 0 Å². The van der Waals surface area contributed by atoms with E-state index in [-0.39, 0.29) is 43.3 Å². The summed E-state index contributed by atoms with van der Waals surface area (Å²) >= 11 is 0. The lowest BCUT2D eigenvalue weighted by molar-refractivity contribution is -0.125. The number of fused-ring (bicyclic) bond motifs is 1. The smallest absolute Gasteiger partial charge is 0.255 e. The van der Waals surface area contributed by atoms with E-state index < -0.39 is 11.9 Å². The molecule has 0 saturated heterocycles. The summed E-state index contributed by atoms with van der Waals surface area (Å²) < 4.78 is 14.3. The third-order valence-corrected chi connectivity index (χ3v) is 5.18. The maximum Gasteiger partial charge on any atom is 0.255 e. The van der Waals surface area contributed by atoms with Gasteiger partial charge in [0, 0.05) is 48.9 Å². The first-order valence-electron chi connectivity index (χ1n) is 9.56. The maximum atomic E-state index is 14.3. The summed E-state index contributed by atoms with van der Waals surface area (Å²) in [6.07, 6.45) is 1.58. The van der Waals surface area contributed by atoms with Gasteiger partial charge in [0.1, 0.15) is 18.1 Å². The average Bonchev–Trinajstić information content (AvgIpc) is 3.10. The molecule has 0 aromatic heterocycles. The Balaban J connectivity index is 1.83. The zero-order chi connectivity index (χ0) is 21.7. The Morgan fingerprint density at radius 2 is 2.00 bits per heavy atom. The second-order valence-corrected chi connectivity index (χ2v) is 6.93. The zero-order valence-electron chi connectivity index (χ0n) is 16.5. The number of amides is 2. The topological polar surface area (TPSA) is 95.6 Å². The molecule has 0 radical (unpaired) electrons. The summed E-state index contributed by atoms with van der Waals surface area (Å²) in [7, 11) is 1.49. The number of carbonyl (C=O) groups excluding carboxylic acids is 4. The molecule has 0 spiro atoms. The minimum Gasteiger partial charge on any atom is -0.381 e. The molecule has 156 valence electrons. The Bertz CT molecular complexity index is 992. The second-order valence-electron chi connectivity index (χ2n) is 6.93. The quantitative estimate of drug-likeness (QED) is 0.618. The van der Waals surface area contributed by atoms with Crippen LogP contribution in [0.3, 0.4) is 0 Å². The summed E-state index contributed by atoms with van der Waals surface area (Å²) in [6.45, 7) is 0.327. The van der Waals surface area contributed by atoms with Crippen molar-refractivity contribution in [3.05, 3.63) is 64.5 Å². The number of nitrogens with one attached hydrogen (secondary N) is 2. The van der Waals surface area contributed by atoms with E-state index in [1.807, 2.05) is 0 Å². The predicted octanol–water partition coefficient (Wildman–Crippen LogP) is 2.30. The minimum absolute atomic E-state index is 0.0162. The first kappa shape index (κ1) is 21.2. The summed E-state index contributed by atoms with van der Waals surface area (Å²) in [5, 5.41) is 5.67. The molecule has 0 bridgehead atoms. The molecular formula is C22H22FN3O4. The van der Waals surface area contributed by atoms with Crippen molar-refractivity contribution in [2.45, 2.75) is 32.0 Å². The van der Waals surface area contributed by atoms with Crippen molar-refractivity contribution in [1.82, 2.24) is 10.2 Å². The number of hydrogen-bond acceptors (Lipinski definition) is 5. The van der Waals surface area contributed by atoms with Gasteiger partial charge >= 0.3 is 0 Å². The van der Waals surface area contributed by atoms with E-state index in [9.17, 15) is 23.6 Å². The van der Waals surface area contributed by atoms with Gasteiger partial charge in [0.25, 0.3) is 5.91 Å². The molecule has 1 unspecified atom stereocenters. The number of rotatable bonds is 9. The highest BCUT2D eigenvalue weighted by Crippen LogP contribution is 2.32. The Labute approximate surface area is 173 Å². The standard InChI is InChI=1S/C22H22FN3O4/c1-24-21(29)19(9-4-10-27)26-12-17-16(22(26)30)7-3-8-18(17)25-11-14-5-2-6-15(13-28)20(14)23/h2-3,5-8,10,13,19,25H,4,9,11-12H2,1H3,(H,24,29). The second kappa shape index (κ2) is 9.30. The molecule has 0 fully saturated rings. The van der Waals surface area contributed by atoms with E-state index in [1.165, 1.54) is 18.0 Å². The van der Waals surface area contributed by atoms with Gasteiger partial charge in [-0.1, -0.05) is 18.2 Å². The SMILES string of the molecule is CNC(=O)C(CCC=O)N1Cc2c(NCc3cccc(C=O)c3F)cccc2C1=O. The van der Waals surface area contributed by atoms with Gasteiger partial charge in [0.15, 0.2) is 6.29 Å². The molecule has 1 aliphatic rings. The molecule has 0 saturated carbocycles. The third-order valence-electron chi connectivity index (χ3n) is 5.18. The lowest BCUT2D eigenvalue weighted by atomic mass is 10.1.